The highest BCUT2D eigenvalue weighted by molar-refractivity contribution is 9.10. The van der Waals surface area contributed by atoms with E-state index in [4.69, 9.17) is 23.3 Å². The molecule has 3 aliphatic carbocycles. The molecule has 0 aliphatic heterocycles. The highest BCUT2D eigenvalue weighted by Gasteiger charge is 2.64. The Morgan fingerprint density at radius 2 is 1.72 bits per heavy atom. The van der Waals surface area contributed by atoms with Gasteiger partial charge in [0.2, 0.25) is 5.78 Å². The first-order valence-corrected chi connectivity index (χ1v) is 12.5. The summed E-state index contributed by atoms with van der Waals surface area (Å²) in [5.41, 5.74) is 2.32. The molecule has 4 atom stereocenters. The number of carbonyl (C=O) groups is 3. The molecule has 15 heteroatoms. The minimum Gasteiger partial charge on any atom is -0.508 e. The van der Waals surface area contributed by atoms with Crippen LogP contribution < -0.4 is 5.73 Å². The molecule has 0 saturated heterocycles. The number of rotatable bonds is 2. The summed E-state index contributed by atoms with van der Waals surface area (Å²) in [6.45, 7) is 0. The molecule has 4 rings (SSSR count). The van der Waals surface area contributed by atoms with Crippen LogP contribution in [0.5, 0.6) is 5.75 Å². The van der Waals surface area contributed by atoms with Crippen molar-refractivity contribution < 1.29 is 52.3 Å². The van der Waals surface area contributed by atoms with Gasteiger partial charge in [-0.1, -0.05) is 15.9 Å². The summed E-state index contributed by atoms with van der Waals surface area (Å²) < 4.78 is 32.2. The third-order valence-electron chi connectivity index (χ3n) is 6.55. The first-order chi connectivity index (χ1) is 16.4. The van der Waals surface area contributed by atoms with Gasteiger partial charge in [-0.15, -0.1) is 0 Å². The van der Waals surface area contributed by atoms with E-state index in [1.54, 1.807) is 20.2 Å². The molecule has 13 nitrogen and oxygen atoms in total. The molecule has 3 aliphatic rings. The highest BCUT2D eigenvalue weighted by Crippen LogP contribution is 2.53. The average molecular weight is 591 g/mol. The molecule has 1 aromatic rings. The number of hydrogen-bond acceptors (Lipinski definition) is 10. The molecule has 8 N–H and O–H groups in total. The number of hydrogen-bond donors (Lipinski definition) is 7. The third kappa shape index (κ3) is 4.42. The van der Waals surface area contributed by atoms with Gasteiger partial charge in [0.1, 0.15) is 22.8 Å². The first-order valence-electron chi connectivity index (χ1n) is 10.3. The SMILES string of the molecule is CN(C)C1C(=O)C(C(N)=O)=C(O)C2(O)C(=O)C3=C(O)c4c(O)ccc(Br)c4CC3CC12.O=S(=O)(O)O. The Balaban J connectivity index is 0.000000658. The van der Waals surface area contributed by atoms with Gasteiger partial charge in [0.15, 0.2) is 11.4 Å². The molecule has 0 heterocycles. The lowest BCUT2D eigenvalue weighted by atomic mass is 9.57. The molecule has 0 radical (unpaired) electrons. The van der Waals surface area contributed by atoms with Crippen molar-refractivity contribution in [1.82, 2.24) is 4.90 Å². The van der Waals surface area contributed by atoms with E-state index in [0.717, 1.165) is 0 Å². The van der Waals surface area contributed by atoms with Crippen LogP contribution in [-0.4, -0.2) is 86.1 Å². The second kappa shape index (κ2) is 9.24. The zero-order valence-electron chi connectivity index (χ0n) is 18.8. The lowest BCUT2D eigenvalue weighted by molar-refractivity contribution is -0.153. The maximum atomic E-state index is 13.5. The molecule has 4 unspecified atom stereocenters. The van der Waals surface area contributed by atoms with Crippen LogP contribution in [0.25, 0.3) is 5.76 Å². The van der Waals surface area contributed by atoms with Gasteiger partial charge in [-0.3, -0.25) is 28.4 Å². The molecule has 1 aromatic carbocycles. The number of phenols is 1. The largest absolute Gasteiger partial charge is 0.508 e. The molecule has 1 fully saturated rings. The van der Waals surface area contributed by atoms with Crippen LogP contribution in [0, 0.1) is 11.8 Å². The maximum Gasteiger partial charge on any atom is 0.394 e. The highest BCUT2D eigenvalue weighted by atomic mass is 79.9. The smallest absolute Gasteiger partial charge is 0.394 e. The zero-order chi connectivity index (χ0) is 27.5. The van der Waals surface area contributed by atoms with E-state index in [0.29, 0.717) is 10.0 Å². The van der Waals surface area contributed by atoms with Gasteiger partial charge in [-0.05, 0) is 50.6 Å². The molecule has 0 aromatic heterocycles. The van der Waals surface area contributed by atoms with Gasteiger partial charge >= 0.3 is 10.4 Å². The number of likely N-dealkylation sites (N-methyl/N-ethyl adjacent to an activating group) is 1. The van der Waals surface area contributed by atoms with Crippen LogP contribution in [0.1, 0.15) is 17.5 Å². The summed E-state index contributed by atoms with van der Waals surface area (Å²) in [5.74, 6) is -6.56. The molecule has 196 valence electrons. The van der Waals surface area contributed by atoms with Crippen LogP contribution in [0.2, 0.25) is 0 Å². The summed E-state index contributed by atoms with van der Waals surface area (Å²) in [5, 5.41) is 43.4. The van der Waals surface area contributed by atoms with Crippen LogP contribution in [0.15, 0.2) is 33.5 Å². The standard InChI is InChI=1S/C21H21BrN2O7.H2O4S/c1-24(2)15-9-6-7-5-8-10(22)3-4-11(25)13(8)16(26)12(7)18(28)21(9,31)19(29)14(17(15)27)20(23)30;1-5(2,3)4/h3-4,7,9,15,25-26,29,31H,5-6H2,1-2H3,(H2,23,30);(H2,1,2,3,4). The number of Topliss-reactive ketones (excluding diaryl/α,β-unsaturated/α-hetero) is 2. The van der Waals surface area contributed by atoms with Gasteiger partial charge in [0.05, 0.1) is 11.6 Å². The second-order valence-corrected chi connectivity index (χ2v) is 10.6. The Bertz CT molecular complexity index is 1340. The van der Waals surface area contributed by atoms with Gasteiger partial charge in [0, 0.05) is 16.0 Å². The van der Waals surface area contributed by atoms with Crippen LogP contribution in [0.3, 0.4) is 0 Å². The average Bonchev–Trinajstić information content (AvgIpc) is 2.71. The normalized spacial score (nSPS) is 27.7. The lowest BCUT2D eigenvalue weighted by Gasteiger charge is -2.50. The van der Waals surface area contributed by atoms with Gasteiger partial charge in [-0.25, -0.2) is 0 Å². The zero-order valence-corrected chi connectivity index (χ0v) is 21.2. The summed E-state index contributed by atoms with van der Waals surface area (Å²) in [6.07, 6.45) is 0.317. The van der Waals surface area contributed by atoms with E-state index in [2.05, 4.69) is 15.9 Å². The van der Waals surface area contributed by atoms with E-state index >= 15 is 0 Å². The van der Waals surface area contributed by atoms with Gasteiger partial charge in [0.25, 0.3) is 5.91 Å². The number of benzene rings is 1. The predicted octanol–water partition coefficient (Wildman–Crippen LogP) is 0.0737. The van der Waals surface area contributed by atoms with Gasteiger partial charge in [-0.2, -0.15) is 8.42 Å². The molecule has 1 amide bonds. The molecular weight excluding hydrogens is 568 g/mol. The number of aliphatic hydroxyl groups is 3. The molecule has 1 saturated carbocycles. The number of halogens is 1. The van der Waals surface area contributed by atoms with E-state index in [1.807, 2.05) is 0 Å². The number of fused-ring (bicyclic) bond motifs is 3. The van der Waals surface area contributed by atoms with Crippen molar-refractivity contribution in [2.75, 3.05) is 14.1 Å². The van der Waals surface area contributed by atoms with Crippen molar-refractivity contribution >= 4 is 49.6 Å². The summed E-state index contributed by atoms with van der Waals surface area (Å²) in [4.78, 5) is 39.9. The molecular formula is C21H23BrN2O11S. The van der Waals surface area contributed by atoms with Crippen molar-refractivity contribution in [2.45, 2.75) is 24.5 Å². The van der Waals surface area contributed by atoms with Crippen molar-refractivity contribution in [3.63, 3.8) is 0 Å². The molecule has 36 heavy (non-hydrogen) atoms. The Labute approximate surface area is 213 Å². The van der Waals surface area contributed by atoms with Crippen molar-refractivity contribution in [3.8, 4) is 5.75 Å². The van der Waals surface area contributed by atoms with Crippen molar-refractivity contribution in [2.24, 2.45) is 17.6 Å². The Morgan fingerprint density at radius 3 is 2.22 bits per heavy atom. The van der Waals surface area contributed by atoms with Gasteiger partial charge < -0.3 is 26.2 Å². The van der Waals surface area contributed by atoms with Crippen molar-refractivity contribution in [1.29, 1.82) is 0 Å². The second-order valence-electron chi connectivity index (χ2n) is 8.83. The number of amides is 1. The van der Waals surface area contributed by atoms with E-state index in [1.165, 1.54) is 11.0 Å². The monoisotopic (exact) mass is 590 g/mol. The summed E-state index contributed by atoms with van der Waals surface area (Å²) in [7, 11) is -1.55. The number of carbonyl (C=O) groups excluding carboxylic acids is 3. The van der Waals surface area contributed by atoms with E-state index in [9.17, 15) is 34.8 Å². The fourth-order valence-electron chi connectivity index (χ4n) is 5.21. The molecule has 0 spiro atoms. The lowest BCUT2D eigenvalue weighted by Crippen LogP contribution is -2.65. The number of primary amides is 1. The minimum atomic E-state index is -4.67. The number of nitrogens with zero attached hydrogens (tertiary/aromatic N) is 1. The quantitative estimate of drug-likeness (QED) is 0.179. The van der Waals surface area contributed by atoms with E-state index < -0.39 is 68.4 Å². The maximum absolute atomic E-state index is 13.5. The van der Waals surface area contributed by atoms with Crippen LogP contribution in [0.4, 0.5) is 0 Å². The van der Waals surface area contributed by atoms with Crippen molar-refractivity contribution in [3.05, 3.63) is 44.6 Å². The topological polar surface area (TPSA) is 236 Å². The number of aliphatic hydroxyl groups excluding tert-OH is 2. The predicted molar refractivity (Wildman–Crippen MR) is 126 cm³/mol. The Morgan fingerprint density at radius 1 is 1.17 bits per heavy atom. The number of nitrogens with two attached hydrogens (primary N) is 1. The summed E-state index contributed by atoms with van der Waals surface area (Å²) in [6, 6.07) is 1.88. The number of aromatic hydroxyl groups is 1. The van der Waals surface area contributed by atoms with Crippen LogP contribution >= 0.6 is 15.9 Å². The van der Waals surface area contributed by atoms with Crippen LogP contribution in [-0.2, 0) is 31.2 Å². The summed E-state index contributed by atoms with van der Waals surface area (Å²) >= 11 is 3.39. The number of ketones is 2. The molecule has 0 bridgehead atoms. The Kier molecular flexibility index (Phi) is 7.13. The Hall–Kier alpha value is -2.82. The fraction of sp³-hybridized carbons (Fsp3) is 0.381. The number of phenolic OH excluding ortho intramolecular Hbond substituents is 1. The van der Waals surface area contributed by atoms with E-state index in [-0.39, 0.29) is 29.7 Å². The third-order valence-corrected chi connectivity index (χ3v) is 7.29. The minimum absolute atomic E-state index is 0.0608. The fourth-order valence-corrected chi connectivity index (χ4v) is 5.70. The first kappa shape index (κ1) is 27.8.